The van der Waals surface area contributed by atoms with Gasteiger partial charge in [-0.2, -0.15) is 0 Å². The molecule has 0 fully saturated rings. The van der Waals surface area contributed by atoms with Gasteiger partial charge in [0.25, 0.3) is 15.7 Å². The van der Waals surface area contributed by atoms with E-state index in [4.69, 9.17) is 4.74 Å². The molecule has 0 bridgehead atoms. The molecular formula is C7H12O4Si. The molecule has 0 aromatic carbocycles. The van der Waals surface area contributed by atoms with E-state index < -0.39 is 15.7 Å². The van der Waals surface area contributed by atoms with Crippen molar-refractivity contribution in [2.24, 2.45) is 0 Å². The van der Waals surface area contributed by atoms with Crippen molar-refractivity contribution in [2.45, 2.75) is 13.8 Å². The Bertz CT molecular complexity index is 200. The molecule has 0 saturated carbocycles. The second-order valence-electron chi connectivity index (χ2n) is 2.26. The van der Waals surface area contributed by atoms with E-state index in [0.29, 0.717) is 5.57 Å². The average Bonchev–Trinajstić information content (AvgIpc) is 1.97. The molecule has 0 aromatic heterocycles. The number of hydrogen-bond acceptors (Lipinski definition) is 4. The van der Waals surface area contributed by atoms with E-state index in [1.807, 2.05) is 0 Å². The lowest BCUT2D eigenvalue weighted by Gasteiger charge is -2.03. The minimum atomic E-state index is -1.04. The normalized spacial score (nSPS) is 9.83. The SMILES string of the molecule is C=C(C)C(=O)OC[SiH2]OC(C)=O. The fourth-order valence-corrected chi connectivity index (χ4v) is 1.08. The number of rotatable bonds is 4. The van der Waals surface area contributed by atoms with Crippen molar-refractivity contribution in [2.75, 3.05) is 6.23 Å². The van der Waals surface area contributed by atoms with Gasteiger partial charge < -0.3 is 9.16 Å². The fraction of sp³-hybridized carbons (Fsp3) is 0.429. The van der Waals surface area contributed by atoms with Crippen LogP contribution in [0.5, 0.6) is 0 Å². The first kappa shape index (κ1) is 10.9. The van der Waals surface area contributed by atoms with Crippen LogP contribution in [0.15, 0.2) is 12.2 Å². The monoisotopic (exact) mass is 188 g/mol. The standard InChI is InChI=1S/C7H12O4Si/c1-5(2)7(9)10-4-12-11-6(3)8/h1,4,12H2,2-3H3. The Morgan fingerprint density at radius 2 is 2.00 bits per heavy atom. The molecule has 0 radical (unpaired) electrons. The van der Waals surface area contributed by atoms with E-state index in [0.717, 1.165) is 0 Å². The molecule has 0 aliphatic carbocycles. The van der Waals surface area contributed by atoms with Gasteiger partial charge in [0, 0.05) is 12.5 Å². The number of carbonyl (C=O) groups is 2. The van der Waals surface area contributed by atoms with Crippen LogP contribution >= 0.6 is 0 Å². The number of esters is 1. The molecule has 0 saturated heterocycles. The minimum absolute atomic E-state index is 0.214. The first-order valence-electron chi connectivity index (χ1n) is 3.50. The van der Waals surface area contributed by atoms with Crippen molar-refractivity contribution >= 4 is 21.7 Å². The maximum absolute atomic E-state index is 10.7. The van der Waals surface area contributed by atoms with Gasteiger partial charge in [-0.05, 0) is 6.92 Å². The highest BCUT2D eigenvalue weighted by molar-refractivity contribution is 6.30. The first-order valence-corrected chi connectivity index (χ1v) is 5.07. The third-order valence-electron chi connectivity index (χ3n) is 0.970. The predicted octanol–water partition coefficient (Wildman–Crippen LogP) is -0.290. The van der Waals surface area contributed by atoms with Crippen molar-refractivity contribution in [3.63, 3.8) is 0 Å². The lowest BCUT2D eigenvalue weighted by Crippen LogP contribution is -2.15. The number of hydrogen-bond donors (Lipinski definition) is 0. The summed E-state index contributed by atoms with van der Waals surface area (Å²) in [6, 6.07) is 0. The Balaban J connectivity index is 3.38. The topological polar surface area (TPSA) is 52.6 Å². The van der Waals surface area contributed by atoms with Gasteiger partial charge in [0.15, 0.2) is 0 Å². The second-order valence-corrected chi connectivity index (χ2v) is 3.36. The second kappa shape index (κ2) is 5.53. The van der Waals surface area contributed by atoms with E-state index in [2.05, 4.69) is 11.0 Å². The zero-order valence-electron chi connectivity index (χ0n) is 7.25. The molecule has 0 unspecified atom stereocenters. The summed E-state index contributed by atoms with van der Waals surface area (Å²) < 4.78 is 9.36. The molecule has 0 N–H and O–H groups in total. The Kier molecular flexibility index (Phi) is 5.03. The van der Waals surface area contributed by atoms with Crippen LogP contribution in [0.25, 0.3) is 0 Å². The third-order valence-corrected chi connectivity index (χ3v) is 1.95. The van der Waals surface area contributed by atoms with Gasteiger partial charge in [-0.3, -0.25) is 4.79 Å². The van der Waals surface area contributed by atoms with Crippen molar-refractivity contribution in [3.05, 3.63) is 12.2 Å². The number of ether oxygens (including phenoxy) is 1. The van der Waals surface area contributed by atoms with Gasteiger partial charge in [0.2, 0.25) is 0 Å². The summed E-state index contributed by atoms with van der Waals surface area (Å²) in [6.07, 6.45) is 0.214. The molecule has 0 aliphatic rings. The molecular weight excluding hydrogens is 176 g/mol. The van der Waals surface area contributed by atoms with Crippen molar-refractivity contribution in [1.82, 2.24) is 0 Å². The highest BCUT2D eigenvalue weighted by atomic mass is 28.2. The van der Waals surface area contributed by atoms with Crippen molar-refractivity contribution in [1.29, 1.82) is 0 Å². The summed E-state index contributed by atoms with van der Waals surface area (Å²) in [7, 11) is -1.04. The van der Waals surface area contributed by atoms with Crippen LogP contribution < -0.4 is 0 Å². The summed E-state index contributed by atoms with van der Waals surface area (Å²) in [5.74, 6) is -0.761. The Morgan fingerprint density at radius 3 is 2.42 bits per heavy atom. The molecule has 0 aromatic rings. The third kappa shape index (κ3) is 5.66. The maximum Gasteiger partial charge on any atom is 0.332 e. The van der Waals surface area contributed by atoms with Gasteiger partial charge in [0.1, 0.15) is 6.23 Å². The molecule has 0 atom stereocenters. The zero-order valence-corrected chi connectivity index (χ0v) is 8.67. The number of carbonyl (C=O) groups excluding carboxylic acids is 2. The van der Waals surface area contributed by atoms with E-state index in [1.165, 1.54) is 6.92 Å². The Hall–Kier alpha value is -1.10. The summed E-state index contributed by atoms with van der Waals surface area (Å²) in [6.45, 7) is 6.29. The summed E-state index contributed by atoms with van der Waals surface area (Å²) in [5.41, 5.74) is 0.354. The van der Waals surface area contributed by atoms with Gasteiger partial charge in [-0.15, -0.1) is 0 Å². The van der Waals surface area contributed by atoms with E-state index >= 15 is 0 Å². The van der Waals surface area contributed by atoms with Gasteiger partial charge in [-0.1, -0.05) is 6.58 Å². The highest BCUT2D eigenvalue weighted by Gasteiger charge is 2.02. The molecule has 12 heavy (non-hydrogen) atoms. The summed E-state index contributed by atoms with van der Waals surface area (Å²) in [4.78, 5) is 21.0. The van der Waals surface area contributed by atoms with Gasteiger partial charge in [-0.25, -0.2) is 4.79 Å². The molecule has 68 valence electrons. The molecule has 0 amide bonds. The van der Waals surface area contributed by atoms with E-state index in [1.54, 1.807) is 6.92 Å². The van der Waals surface area contributed by atoms with Crippen molar-refractivity contribution < 1.29 is 18.8 Å². The molecule has 0 heterocycles. The van der Waals surface area contributed by atoms with Crippen LogP contribution in [-0.4, -0.2) is 27.9 Å². The molecule has 4 nitrogen and oxygen atoms in total. The lowest BCUT2D eigenvalue weighted by atomic mass is 10.4. The van der Waals surface area contributed by atoms with Gasteiger partial charge in [0.05, 0.1) is 0 Å². The Morgan fingerprint density at radius 1 is 1.42 bits per heavy atom. The minimum Gasteiger partial charge on any atom is -0.522 e. The first-order chi connectivity index (χ1) is 5.54. The summed E-state index contributed by atoms with van der Waals surface area (Å²) >= 11 is 0. The fourth-order valence-electron chi connectivity index (χ4n) is 0.443. The smallest absolute Gasteiger partial charge is 0.332 e. The zero-order chi connectivity index (χ0) is 9.56. The quantitative estimate of drug-likeness (QED) is 0.263. The van der Waals surface area contributed by atoms with Crippen LogP contribution in [0, 0.1) is 0 Å². The maximum atomic E-state index is 10.7. The average molecular weight is 188 g/mol. The Labute approximate surface area is 73.5 Å². The van der Waals surface area contributed by atoms with Crippen LogP contribution in [0.3, 0.4) is 0 Å². The summed E-state index contributed by atoms with van der Waals surface area (Å²) in [5, 5.41) is 0. The van der Waals surface area contributed by atoms with Crippen LogP contribution in [-0.2, 0) is 18.8 Å². The van der Waals surface area contributed by atoms with Gasteiger partial charge >= 0.3 is 5.97 Å². The molecule has 5 heteroatoms. The molecule has 0 aliphatic heterocycles. The van der Waals surface area contributed by atoms with E-state index in [9.17, 15) is 9.59 Å². The van der Waals surface area contributed by atoms with Crippen LogP contribution in [0.2, 0.25) is 0 Å². The van der Waals surface area contributed by atoms with Crippen molar-refractivity contribution in [3.8, 4) is 0 Å². The largest absolute Gasteiger partial charge is 0.522 e. The van der Waals surface area contributed by atoms with Crippen LogP contribution in [0.1, 0.15) is 13.8 Å². The van der Waals surface area contributed by atoms with Crippen LogP contribution in [0.4, 0.5) is 0 Å². The highest BCUT2D eigenvalue weighted by Crippen LogP contribution is 1.90. The lowest BCUT2D eigenvalue weighted by molar-refractivity contribution is -0.138. The molecule has 0 spiro atoms. The van der Waals surface area contributed by atoms with E-state index in [-0.39, 0.29) is 12.2 Å². The predicted molar refractivity (Wildman–Crippen MR) is 46.1 cm³/mol. The molecule has 0 rings (SSSR count).